The molecule has 2 atom stereocenters. The van der Waals surface area contributed by atoms with Gasteiger partial charge in [0.15, 0.2) is 0 Å². The molecule has 1 saturated heterocycles. The average Bonchev–Trinajstić information content (AvgIpc) is 2.66. The fourth-order valence-electron chi connectivity index (χ4n) is 2.73. The lowest BCUT2D eigenvalue weighted by atomic mass is 10.1. The third-order valence-corrected chi connectivity index (χ3v) is 4.02. The number of hydrogen-bond acceptors (Lipinski definition) is 5. The Bertz CT molecular complexity index is 416. The first kappa shape index (κ1) is 19.4. The predicted molar refractivity (Wildman–Crippen MR) is 83.9 cm³/mol. The normalized spacial score (nSPS) is 20.1. The molecule has 1 amide bonds. The molecule has 1 aliphatic heterocycles. The zero-order chi connectivity index (χ0) is 17.2. The molecule has 5 N–H and O–H groups in total. The van der Waals surface area contributed by atoms with Crippen LogP contribution in [0.5, 0.6) is 0 Å². The van der Waals surface area contributed by atoms with Gasteiger partial charge in [0, 0.05) is 13.1 Å². The van der Waals surface area contributed by atoms with Crippen molar-refractivity contribution in [1.82, 2.24) is 10.2 Å². The standard InChI is InChI=1S/C15H27N3O5/c16-8-3-1-6-12(15(22)23)17-11-5-2-4-9-18(14(11)21)10-7-13(19)20/h11-12,17H,1-10,16H2,(H,19,20)(H,22,23)/t11-,12?/m0/s1. The van der Waals surface area contributed by atoms with E-state index in [9.17, 15) is 19.5 Å². The van der Waals surface area contributed by atoms with Gasteiger partial charge < -0.3 is 20.8 Å². The maximum atomic E-state index is 12.5. The molecule has 1 unspecified atom stereocenters. The number of rotatable bonds is 10. The van der Waals surface area contributed by atoms with Crippen LogP contribution in [-0.4, -0.2) is 64.7 Å². The van der Waals surface area contributed by atoms with Crippen LogP contribution in [0.1, 0.15) is 44.9 Å². The van der Waals surface area contributed by atoms with E-state index in [1.807, 2.05) is 0 Å². The number of nitrogens with two attached hydrogens (primary N) is 1. The van der Waals surface area contributed by atoms with Crippen LogP contribution in [0.15, 0.2) is 0 Å². The fraction of sp³-hybridized carbons (Fsp3) is 0.800. The maximum Gasteiger partial charge on any atom is 0.320 e. The number of amides is 1. The molecule has 0 bridgehead atoms. The van der Waals surface area contributed by atoms with Gasteiger partial charge in [0.25, 0.3) is 0 Å². The zero-order valence-electron chi connectivity index (χ0n) is 13.4. The third-order valence-electron chi connectivity index (χ3n) is 4.02. The van der Waals surface area contributed by atoms with E-state index in [1.54, 1.807) is 0 Å². The first-order valence-corrected chi connectivity index (χ1v) is 8.15. The number of hydrogen-bond donors (Lipinski definition) is 4. The number of nitrogens with zero attached hydrogens (tertiary/aromatic N) is 1. The summed E-state index contributed by atoms with van der Waals surface area (Å²) in [7, 11) is 0. The monoisotopic (exact) mass is 329 g/mol. The Morgan fingerprint density at radius 3 is 2.65 bits per heavy atom. The molecule has 8 nitrogen and oxygen atoms in total. The van der Waals surface area contributed by atoms with Crippen molar-refractivity contribution >= 4 is 17.8 Å². The van der Waals surface area contributed by atoms with Gasteiger partial charge >= 0.3 is 11.9 Å². The van der Waals surface area contributed by atoms with Crippen LogP contribution in [0.2, 0.25) is 0 Å². The Labute approximate surface area is 136 Å². The van der Waals surface area contributed by atoms with Crippen LogP contribution in [0.25, 0.3) is 0 Å². The van der Waals surface area contributed by atoms with E-state index in [1.165, 1.54) is 4.90 Å². The molecular formula is C15H27N3O5. The first-order valence-electron chi connectivity index (χ1n) is 8.15. The molecule has 1 aliphatic rings. The van der Waals surface area contributed by atoms with Crippen LogP contribution in [0, 0.1) is 0 Å². The molecule has 8 heteroatoms. The highest BCUT2D eigenvalue weighted by molar-refractivity contribution is 5.84. The minimum atomic E-state index is -0.976. The van der Waals surface area contributed by atoms with Crippen molar-refractivity contribution in [3.05, 3.63) is 0 Å². The van der Waals surface area contributed by atoms with E-state index in [2.05, 4.69) is 5.32 Å². The van der Waals surface area contributed by atoms with Crippen molar-refractivity contribution in [2.24, 2.45) is 5.73 Å². The van der Waals surface area contributed by atoms with Gasteiger partial charge in [-0.1, -0.05) is 6.42 Å². The molecule has 23 heavy (non-hydrogen) atoms. The summed E-state index contributed by atoms with van der Waals surface area (Å²) in [4.78, 5) is 36.1. The number of carboxylic acids is 2. The Kier molecular flexibility index (Phi) is 8.57. The van der Waals surface area contributed by atoms with Crippen LogP contribution < -0.4 is 11.1 Å². The number of nitrogens with one attached hydrogen (secondary N) is 1. The third kappa shape index (κ3) is 6.96. The van der Waals surface area contributed by atoms with Gasteiger partial charge in [-0.2, -0.15) is 0 Å². The number of carbonyl (C=O) groups excluding carboxylic acids is 1. The van der Waals surface area contributed by atoms with E-state index < -0.39 is 24.0 Å². The quantitative estimate of drug-likeness (QED) is 0.415. The molecule has 0 aliphatic carbocycles. The molecular weight excluding hydrogens is 302 g/mol. The van der Waals surface area contributed by atoms with Gasteiger partial charge in [0.2, 0.25) is 5.91 Å². The molecule has 0 radical (unpaired) electrons. The van der Waals surface area contributed by atoms with Crippen LogP contribution in [0.4, 0.5) is 0 Å². The van der Waals surface area contributed by atoms with Gasteiger partial charge in [-0.15, -0.1) is 0 Å². The molecule has 0 aromatic rings. The average molecular weight is 329 g/mol. The van der Waals surface area contributed by atoms with Gasteiger partial charge in [-0.05, 0) is 38.6 Å². The summed E-state index contributed by atoms with van der Waals surface area (Å²) in [6.45, 7) is 1.20. The minimum absolute atomic E-state index is 0.0999. The topological polar surface area (TPSA) is 133 Å². The molecule has 1 rings (SSSR count). The smallest absolute Gasteiger partial charge is 0.320 e. The minimum Gasteiger partial charge on any atom is -0.481 e. The predicted octanol–water partition coefficient (Wildman–Crippen LogP) is 0.0140. The van der Waals surface area contributed by atoms with Crippen molar-refractivity contribution in [3.63, 3.8) is 0 Å². The summed E-state index contributed by atoms with van der Waals surface area (Å²) in [5.41, 5.74) is 5.42. The lowest BCUT2D eigenvalue weighted by Crippen LogP contribution is -2.51. The van der Waals surface area contributed by atoms with Crippen LogP contribution in [-0.2, 0) is 14.4 Å². The SMILES string of the molecule is NCCCCC(N[C@H]1CCCCN(CCC(=O)O)C1=O)C(=O)O. The highest BCUT2D eigenvalue weighted by atomic mass is 16.4. The largest absolute Gasteiger partial charge is 0.481 e. The van der Waals surface area contributed by atoms with E-state index in [-0.39, 0.29) is 18.9 Å². The highest BCUT2D eigenvalue weighted by Gasteiger charge is 2.30. The summed E-state index contributed by atoms with van der Waals surface area (Å²) >= 11 is 0. The Hall–Kier alpha value is -1.67. The maximum absolute atomic E-state index is 12.5. The number of carbonyl (C=O) groups is 3. The molecule has 0 saturated carbocycles. The second-order valence-corrected chi connectivity index (χ2v) is 5.86. The van der Waals surface area contributed by atoms with Gasteiger partial charge in [0.1, 0.15) is 6.04 Å². The van der Waals surface area contributed by atoms with E-state index in [4.69, 9.17) is 10.8 Å². The molecule has 1 heterocycles. The molecule has 0 spiro atoms. The summed E-state index contributed by atoms with van der Waals surface area (Å²) in [5, 5.41) is 21.0. The van der Waals surface area contributed by atoms with Crippen molar-refractivity contribution in [2.45, 2.75) is 57.0 Å². The van der Waals surface area contributed by atoms with Gasteiger partial charge in [-0.3, -0.25) is 19.7 Å². The van der Waals surface area contributed by atoms with Crippen molar-refractivity contribution in [1.29, 1.82) is 0 Å². The summed E-state index contributed by atoms with van der Waals surface area (Å²) in [6, 6.07) is -1.35. The second kappa shape index (κ2) is 10.2. The summed E-state index contributed by atoms with van der Waals surface area (Å²) in [5.74, 6) is -2.12. The summed E-state index contributed by atoms with van der Waals surface area (Å²) < 4.78 is 0. The Morgan fingerprint density at radius 1 is 1.30 bits per heavy atom. The number of carboxylic acid groups (broad SMARTS) is 2. The second-order valence-electron chi connectivity index (χ2n) is 5.86. The summed E-state index contributed by atoms with van der Waals surface area (Å²) in [6.07, 6.45) is 3.93. The number of likely N-dealkylation sites (tertiary alicyclic amines) is 1. The van der Waals surface area contributed by atoms with Crippen LogP contribution >= 0.6 is 0 Å². The van der Waals surface area contributed by atoms with Gasteiger partial charge in [0.05, 0.1) is 12.5 Å². The van der Waals surface area contributed by atoms with Crippen molar-refractivity contribution in [2.75, 3.05) is 19.6 Å². The van der Waals surface area contributed by atoms with Crippen molar-refractivity contribution in [3.8, 4) is 0 Å². The van der Waals surface area contributed by atoms with E-state index in [0.29, 0.717) is 32.4 Å². The lowest BCUT2D eigenvalue weighted by Gasteiger charge is -2.26. The highest BCUT2D eigenvalue weighted by Crippen LogP contribution is 2.14. The first-order chi connectivity index (χ1) is 11.0. The molecule has 132 valence electrons. The Morgan fingerprint density at radius 2 is 2.04 bits per heavy atom. The van der Waals surface area contributed by atoms with Crippen molar-refractivity contribution < 1.29 is 24.6 Å². The lowest BCUT2D eigenvalue weighted by molar-refractivity contribution is -0.140. The molecule has 0 aromatic carbocycles. The molecule has 1 fully saturated rings. The molecule has 0 aromatic heterocycles. The Balaban J connectivity index is 2.64. The van der Waals surface area contributed by atoms with E-state index in [0.717, 1.165) is 19.3 Å². The fourth-order valence-corrected chi connectivity index (χ4v) is 2.73. The van der Waals surface area contributed by atoms with Gasteiger partial charge in [-0.25, -0.2) is 0 Å². The number of unbranched alkanes of at least 4 members (excludes halogenated alkanes) is 1. The zero-order valence-corrected chi connectivity index (χ0v) is 13.4. The number of aliphatic carboxylic acids is 2. The van der Waals surface area contributed by atoms with Crippen LogP contribution in [0.3, 0.4) is 0 Å². The van der Waals surface area contributed by atoms with E-state index >= 15 is 0 Å².